The molecule has 18 heavy (non-hydrogen) atoms. The van der Waals surface area contributed by atoms with Crippen LogP contribution in [-0.4, -0.2) is 41.8 Å². The van der Waals surface area contributed by atoms with E-state index in [1.54, 1.807) is 0 Å². The van der Waals surface area contributed by atoms with Gasteiger partial charge in [0, 0.05) is 32.1 Å². The molecule has 2 unspecified atom stereocenters. The van der Waals surface area contributed by atoms with Crippen molar-refractivity contribution in [2.75, 3.05) is 13.2 Å². The van der Waals surface area contributed by atoms with E-state index >= 15 is 0 Å². The molecule has 0 aromatic heterocycles. The number of carboxylic acid groups (broad SMARTS) is 1. The van der Waals surface area contributed by atoms with Crippen molar-refractivity contribution in [1.82, 2.24) is 5.32 Å². The fourth-order valence-corrected chi connectivity index (χ4v) is 2.75. The second kappa shape index (κ2) is 5.24. The number of carbonyl (C=O) groups is 2. The van der Waals surface area contributed by atoms with Crippen LogP contribution in [-0.2, 0) is 14.3 Å². The summed E-state index contributed by atoms with van der Waals surface area (Å²) in [5.74, 6) is -1.45. The van der Waals surface area contributed by atoms with Gasteiger partial charge in [-0.15, -0.1) is 0 Å². The Labute approximate surface area is 106 Å². The smallest absolute Gasteiger partial charge is 0.329 e. The number of amides is 1. The number of hydrogen-bond acceptors (Lipinski definition) is 4. The normalized spacial score (nSPS) is 30.9. The van der Waals surface area contributed by atoms with Gasteiger partial charge in [0.25, 0.3) is 0 Å². The maximum Gasteiger partial charge on any atom is 0.329 e. The van der Waals surface area contributed by atoms with E-state index < -0.39 is 11.5 Å². The molecule has 0 spiro atoms. The highest BCUT2D eigenvalue weighted by atomic mass is 16.5. The van der Waals surface area contributed by atoms with E-state index in [1.165, 1.54) is 0 Å². The average Bonchev–Trinajstić information content (AvgIpc) is 2.76. The van der Waals surface area contributed by atoms with Gasteiger partial charge in [-0.3, -0.25) is 4.79 Å². The van der Waals surface area contributed by atoms with E-state index in [4.69, 9.17) is 10.5 Å². The summed E-state index contributed by atoms with van der Waals surface area (Å²) in [5, 5.41) is 12.1. The van der Waals surface area contributed by atoms with Crippen molar-refractivity contribution >= 4 is 11.9 Å². The van der Waals surface area contributed by atoms with Crippen LogP contribution in [0.3, 0.4) is 0 Å². The Hall–Kier alpha value is -1.14. The summed E-state index contributed by atoms with van der Waals surface area (Å²) in [7, 11) is 0. The molecular weight excluding hydrogens is 236 g/mol. The van der Waals surface area contributed by atoms with E-state index in [0.29, 0.717) is 26.1 Å². The minimum atomic E-state index is -1.17. The van der Waals surface area contributed by atoms with E-state index in [0.717, 1.165) is 19.3 Å². The van der Waals surface area contributed by atoms with Crippen molar-refractivity contribution in [3.8, 4) is 0 Å². The summed E-state index contributed by atoms with van der Waals surface area (Å²) in [5.41, 5.74) is 4.70. The van der Waals surface area contributed by atoms with Gasteiger partial charge in [0.15, 0.2) is 0 Å². The molecule has 2 aliphatic rings. The van der Waals surface area contributed by atoms with Gasteiger partial charge in [-0.25, -0.2) is 4.79 Å². The quantitative estimate of drug-likeness (QED) is 0.652. The molecule has 0 bridgehead atoms. The van der Waals surface area contributed by atoms with Crippen molar-refractivity contribution < 1.29 is 19.4 Å². The summed E-state index contributed by atoms with van der Waals surface area (Å²) in [6.07, 6.45) is 3.15. The molecule has 102 valence electrons. The Morgan fingerprint density at radius 3 is 2.44 bits per heavy atom. The van der Waals surface area contributed by atoms with E-state index in [9.17, 15) is 14.7 Å². The third kappa shape index (κ3) is 2.49. The summed E-state index contributed by atoms with van der Waals surface area (Å²) in [6.45, 7) is 0.729. The van der Waals surface area contributed by atoms with Crippen LogP contribution in [0.1, 0.15) is 32.1 Å². The zero-order valence-corrected chi connectivity index (χ0v) is 10.4. The molecule has 6 heteroatoms. The first-order valence-corrected chi connectivity index (χ1v) is 6.44. The lowest BCUT2D eigenvalue weighted by atomic mass is 9.89. The number of nitrogens with two attached hydrogens (primary N) is 1. The third-order valence-corrected chi connectivity index (χ3v) is 4.02. The summed E-state index contributed by atoms with van der Waals surface area (Å²) < 4.78 is 5.16. The minimum absolute atomic E-state index is 0.143. The Kier molecular flexibility index (Phi) is 3.87. The molecule has 2 rings (SSSR count). The minimum Gasteiger partial charge on any atom is -0.480 e. The van der Waals surface area contributed by atoms with Crippen molar-refractivity contribution in [3.05, 3.63) is 0 Å². The predicted molar refractivity (Wildman–Crippen MR) is 63.9 cm³/mol. The van der Waals surface area contributed by atoms with Gasteiger partial charge < -0.3 is 20.9 Å². The van der Waals surface area contributed by atoms with Gasteiger partial charge in [0.2, 0.25) is 5.91 Å². The van der Waals surface area contributed by atoms with Crippen LogP contribution >= 0.6 is 0 Å². The molecule has 0 radical (unpaired) electrons. The van der Waals surface area contributed by atoms with E-state index in [2.05, 4.69) is 5.32 Å². The number of rotatable bonds is 3. The number of carbonyl (C=O) groups excluding carboxylic acids is 1. The second-order valence-corrected chi connectivity index (χ2v) is 5.19. The lowest BCUT2D eigenvalue weighted by Crippen LogP contribution is -2.59. The van der Waals surface area contributed by atoms with Crippen LogP contribution in [0.5, 0.6) is 0 Å². The molecule has 1 saturated carbocycles. The lowest BCUT2D eigenvalue weighted by molar-refractivity contribution is -0.152. The van der Waals surface area contributed by atoms with Crippen LogP contribution in [0.4, 0.5) is 0 Å². The second-order valence-electron chi connectivity index (χ2n) is 5.19. The molecule has 0 aromatic rings. The van der Waals surface area contributed by atoms with Crippen LogP contribution in [0.15, 0.2) is 0 Å². The fraction of sp³-hybridized carbons (Fsp3) is 0.833. The Balaban J connectivity index is 2.04. The zero-order valence-electron chi connectivity index (χ0n) is 10.4. The van der Waals surface area contributed by atoms with Gasteiger partial charge in [-0.05, 0) is 12.8 Å². The van der Waals surface area contributed by atoms with Gasteiger partial charge in [-0.1, -0.05) is 6.42 Å². The van der Waals surface area contributed by atoms with E-state index in [1.807, 2.05) is 0 Å². The van der Waals surface area contributed by atoms with Crippen molar-refractivity contribution in [1.29, 1.82) is 0 Å². The van der Waals surface area contributed by atoms with Crippen LogP contribution < -0.4 is 11.1 Å². The van der Waals surface area contributed by atoms with Gasteiger partial charge in [0.05, 0.1) is 5.92 Å². The highest BCUT2D eigenvalue weighted by molar-refractivity contribution is 5.88. The Morgan fingerprint density at radius 2 is 1.94 bits per heavy atom. The molecular formula is C12H20N2O4. The summed E-state index contributed by atoms with van der Waals surface area (Å²) in [6, 6.07) is -0.143. The molecule has 0 aromatic carbocycles. The standard InChI is InChI=1S/C12H20N2O4/c13-9-3-1-2-8(9)10(15)14-12(11(16)17)4-6-18-7-5-12/h8-9H,1-7,13H2,(H,14,15)(H,16,17). The van der Waals surface area contributed by atoms with Crippen molar-refractivity contribution in [2.45, 2.75) is 43.7 Å². The lowest BCUT2D eigenvalue weighted by Gasteiger charge is -2.35. The molecule has 2 atom stereocenters. The fourth-order valence-electron chi connectivity index (χ4n) is 2.75. The Bertz CT molecular complexity index is 339. The number of ether oxygens (including phenoxy) is 1. The first-order chi connectivity index (χ1) is 8.55. The van der Waals surface area contributed by atoms with Crippen LogP contribution in [0.25, 0.3) is 0 Å². The first kappa shape index (κ1) is 13.3. The number of hydrogen-bond donors (Lipinski definition) is 3. The maximum absolute atomic E-state index is 12.1. The molecule has 1 heterocycles. The average molecular weight is 256 g/mol. The first-order valence-electron chi connectivity index (χ1n) is 6.44. The molecule has 6 nitrogen and oxygen atoms in total. The predicted octanol–water partition coefficient (Wildman–Crippen LogP) is -0.136. The SMILES string of the molecule is NC1CCCC1C(=O)NC1(C(=O)O)CCOCC1. The molecule has 1 aliphatic heterocycles. The van der Waals surface area contributed by atoms with E-state index in [-0.39, 0.29) is 17.9 Å². The van der Waals surface area contributed by atoms with Gasteiger partial charge in [-0.2, -0.15) is 0 Å². The topological polar surface area (TPSA) is 102 Å². The monoisotopic (exact) mass is 256 g/mol. The third-order valence-electron chi connectivity index (χ3n) is 4.02. The highest BCUT2D eigenvalue weighted by Crippen LogP contribution is 2.27. The van der Waals surface area contributed by atoms with Crippen LogP contribution in [0.2, 0.25) is 0 Å². The van der Waals surface area contributed by atoms with Crippen molar-refractivity contribution in [2.24, 2.45) is 11.7 Å². The number of aliphatic carboxylic acids is 1. The molecule has 1 amide bonds. The zero-order chi connectivity index (χ0) is 13.2. The van der Waals surface area contributed by atoms with Crippen LogP contribution in [0, 0.1) is 5.92 Å². The largest absolute Gasteiger partial charge is 0.480 e. The molecule has 4 N–H and O–H groups in total. The summed E-state index contributed by atoms with van der Waals surface area (Å²) in [4.78, 5) is 23.5. The number of carboxylic acids is 1. The molecule has 1 saturated heterocycles. The number of nitrogens with one attached hydrogen (secondary N) is 1. The van der Waals surface area contributed by atoms with Crippen molar-refractivity contribution in [3.63, 3.8) is 0 Å². The molecule has 2 fully saturated rings. The summed E-state index contributed by atoms with van der Waals surface area (Å²) >= 11 is 0. The van der Waals surface area contributed by atoms with Gasteiger partial charge in [0.1, 0.15) is 5.54 Å². The maximum atomic E-state index is 12.1. The molecule has 1 aliphatic carbocycles. The van der Waals surface area contributed by atoms with Gasteiger partial charge >= 0.3 is 5.97 Å². The highest BCUT2D eigenvalue weighted by Gasteiger charge is 2.43. The Morgan fingerprint density at radius 1 is 1.28 bits per heavy atom.